The van der Waals surface area contributed by atoms with Crippen molar-refractivity contribution in [3.8, 4) is 11.5 Å². The number of hydrogen-bond donors (Lipinski definition) is 3. The molecule has 29 heavy (non-hydrogen) atoms. The van der Waals surface area contributed by atoms with Crippen molar-refractivity contribution in [1.29, 1.82) is 0 Å². The third-order valence-electron chi connectivity index (χ3n) is 4.40. The molecule has 3 aromatic rings. The van der Waals surface area contributed by atoms with E-state index in [2.05, 4.69) is 0 Å². The maximum Gasteiger partial charge on any atom is 0.283 e. The summed E-state index contributed by atoms with van der Waals surface area (Å²) in [5.74, 6) is -1.36. The Labute approximate surface area is 186 Å². The van der Waals surface area contributed by atoms with E-state index in [4.69, 9.17) is 46.4 Å². The van der Waals surface area contributed by atoms with Crippen LogP contribution in [0.3, 0.4) is 0 Å². The number of benzene rings is 3. The number of aromatic hydroxyl groups is 2. The van der Waals surface area contributed by atoms with Gasteiger partial charge in [-0.3, -0.25) is 4.55 Å². The molecule has 0 saturated carbocycles. The summed E-state index contributed by atoms with van der Waals surface area (Å²) in [6, 6.07) is 12.3. The van der Waals surface area contributed by atoms with Gasteiger partial charge in [-0.15, -0.1) is 0 Å². The summed E-state index contributed by atoms with van der Waals surface area (Å²) in [5.41, 5.74) is -0.785. The average Bonchev–Trinajstić information content (AvgIpc) is 2.65. The molecule has 0 bridgehead atoms. The predicted octanol–water partition coefficient (Wildman–Crippen LogP) is 5.89. The standard InChI is InChI=1S/C19H12Cl4O5S/c20-11-6-7-13(21)12(8-11)19(29(26,27)28,10-4-2-1-3-5-10)16-17(23)15(24)9-14(22)18(16)25/h1-9,24-25H,(H,26,27,28). The molecule has 0 aromatic heterocycles. The highest BCUT2D eigenvalue weighted by Crippen LogP contribution is 2.55. The van der Waals surface area contributed by atoms with Crippen molar-refractivity contribution in [3.05, 3.63) is 91.4 Å². The van der Waals surface area contributed by atoms with Gasteiger partial charge >= 0.3 is 0 Å². The monoisotopic (exact) mass is 492 g/mol. The third-order valence-corrected chi connectivity index (χ3v) is 7.07. The van der Waals surface area contributed by atoms with Crippen LogP contribution in [0.25, 0.3) is 0 Å². The summed E-state index contributed by atoms with van der Waals surface area (Å²) in [6.45, 7) is 0. The lowest BCUT2D eigenvalue weighted by Gasteiger charge is -2.34. The average molecular weight is 494 g/mol. The molecular formula is C19H12Cl4O5S. The molecule has 0 amide bonds. The van der Waals surface area contributed by atoms with Crippen LogP contribution in [0.15, 0.2) is 54.6 Å². The molecule has 1 unspecified atom stereocenters. The summed E-state index contributed by atoms with van der Waals surface area (Å²) < 4.78 is 34.0. The Morgan fingerprint density at radius 3 is 2.03 bits per heavy atom. The van der Waals surface area contributed by atoms with Crippen LogP contribution < -0.4 is 0 Å². The lowest BCUT2D eigenvalue weighted by Crippen LogP contribution is -2.39. The highest BCUT2D eigenvalue weighted by atomic mass is 35.5. The number of phenols is 2. The summed E-state index contributed by atoms with van der Waals surface area (Å²) >= 11 is 24.6. The second kappa shape index (κ2) is 7.87. The molecule has 5 nitrogen and oxygen atoms in total. The van der Waals surface area contributed by atoms with Gasteiger partial charge in [0, 0.05) is 21.7 Å². The first-order valence-corrected chi connectivity index (χ1v) is 10.9. The smallest absolute Gasteiger partial charge is 0.283 e. The first-order valence-electron chi connectivity index (χ1n) is 7.90. The van der Waals surface area contributed by atoms with Crippen LogP contribution in [-0.2, 0) is 14.9 Å². The molecule has 3 rings (SSSR count). The molecule has 0 saturated heterocycles. The van der Waals surface area contributed by atoms with Crippen LogP contribution in [0, 0.1) is 0 Å². The topological polar surface area (TPSA) is 94.8 Å². The fourth-order valence-electron chi connectivity index (χ4n) is 3.22. The molecule has 0 heterocycles. The Morgan fingerprint density at radius 2 is 1.45 bits per heavy atom. The minimum atomic E-state index is -5.16. The highest BCUT2D eigenvalue weighted by molar-refractivity contribution is 7.87. The number of hydrogen-bond acceptors (Lipinski definition) is 4. The van der Waals surface area contributed by atoms with Gasteiger partial charge in [-0.1, -0.05) is 76.7 Å². The lowest BCUT2D eigenvalue weighted by atomic mass is 9.83. The lowest BCUT2D eigenvalue weighted by molar-refractivity contribution is 0.435. The largest absolute Gasteiger partial charge is 0.506 e. The van der Waals surface area contributed by atoms with E-state index in [1.54, 1.807) is 6.07 Å². The molecule has 3 N–H and O–H groups in total. The van der Waals surface area contributed by atoms with Crippen LogP contribution >= 0.6 is 46.4 Å². The van der Waals surface area contributed by atoms with E-state index in [1.165, 1.54) is 42.5 Å². The normalized spacial score (nSPS) is 13.8. The summed E-state index contributed by atoms with van der Waals surface area (Å²) in [5, 5.41) is 20.0. The zero-order valence-electron chi connectivity index (χ0n) is 14.3. The minimum absolute atomic E-state index is 0.0227. The Morgan fingerprint density at radius 1 is 0.828 bits per heavy atom. The first kappa shape index (κ1) is 22.0. The van der Waals surface area contributed by atoms with Gasteiger partial charge in [0.05, 0.1) is 15.6 Å². The molecule has 0 aliphatic rings. The van der Waals surface area contributed by atoms with Gasteiger partial charge in [0.2, 0.25) is 0 Å². The van der Waals surface area contributed by atoms with Crippen molar-refractivity contribution < 1.29 is 23.2 Å². The van der Waals surface area contributed by atoms with Crippen LogP contribution in [0.5, 0.6) is 11.5 Å². The van der Waals surface area contributed by atoms with Crippen LogP contribution in [0.2, 0.25) is 20.1 Å². The van der Waals surface area contributed by atoms with Crippen LogP contribution in [0.4, 0.5) is 0 Å². The van der Waals surface area contributed by atoms with Gasteiger partial charge in [-0.05, 0) is 23.8 Å². The van der Waals surface area contributed by atoms with Crippen molar-refractivity contribution in [1.82, 2.24) is 0 Å². The molecule has 152 valence electrons. The van der Waals surface area contributed by atoms with Gasteiger partial charge in [0.1, 0.15) is 11.5 Å². The zero-order chi connectivity index (χ0) is 21.6. The summed E-state index contributed by atoms with van der Waals surface area (Å²) in [6.07, 6.45) is 0. The molecule has 0 aliphatic heterocycles. The fraction of sp³-hybridized carbons (Fsp3) is 0.0526. The second-order valence-electron chi connectivity index (χ2n) is 6.06. The van der Waals surface area contributed by atoms with Crippen molar-refractivity contribution >= 4 is 56.5 Å². The quantitative estimate of drug-likeness (QED) is 0.239. The van der Waals surface area contributed by atoms with Gasteiger partial charge in [-0.2, -0.15) is 8.42 Å². The molecule has 3 aromatic carbocycles. The third kappa shape index (κ3) is 3.54. The molecule has 0 aliphatic carbocycles. The Kier molecular flexibility index (Phi) is 5.98. The van der Waals surface area contributed by atoms with Gasteiger partial charge in [0.25, 0.3) is 10.1 Å². The summed E-state index contributed by atoms with van der Waals surface area (Å²) in [7, 11) is -5.16. The van der Waals surface area contributed by atoms with Crippen molar-refractivity contribution in [3.63, 3.8) is 0 Å². The fourth-order valence-corrected chi connectivity index (χ4v) is 5.58. The SMILES string of the molecule is O=S(=O)(O)C(c1ccccc1)(c1cc(Cl)ccc1Cl)c1c(O)c(Cl)cc(O)c1Cl. The van der Waals surface area contributed by atoms with Gasteiger partial charge < -0.3 is 10.2 Å². The number of phenolic OH excluding ortho intramolecular Hbond substituents is 2. The minimum Gasteiger partial charge on any atom is -0.506 e. The van der Waals surface area contributed by atoms with Crippen molar-refractivity contribution in [2.45, 2.75) is 4.75 Å². The van der Waals surface area contributed by atoms with Crippen LogP contribution in [0.1, 0.15) is 16.7 Å². The molecule has 0 spiro atoms. The maximum absolute atomic E-state index is 13.0. The Bertz CT molecular complexity index is 1170. The predicted molar refractivity (Wildman–Crippen MR) is 114 cm³/mol. The van der Waals surface area contributed by atoms with E-state index in [-0.39, 0.29) is 26.2 Å². The Hall–Kier alpha value is -1.67. The maximum atomic E-state index is 13.0. The van der Waals surface area contributed by atoms with Crippen molar-refractivity contribution in [2.24, 2.45) is 0 Å². The molecule has 1 atom stereocenters. The molecule has 10 heteroatoms. The Balaban J connectivity index is 2.69. The van der Waals surface area contributed by atoms with E-state index in [9.17, 15) is 23.2 Å². The van der Waals surface area contributed by atoms with E-state index in [0.29, 0.717) is 0 Å². The number of halogens is 4. The van der Waals surface area contributed by atoms with E-state index < -0.39 is 37.0 Å². The number of rotatable bonds is 4. The van der Waals surface area contributed by atoms with Crippen molar-refractivity contribution in [2.75, 3.05) is 0 Å². The summed E-state index contributed by atoms with van der Waals surface area (Å²) in [4.78, 5) is 0. The molecular weight excluding hydrogens is 482 g/mol. The van der Waals surface area contributed by atoms with Gasteiger partial charge in [0.15, 0.2) is 4.75 Å². The van der Waals surface area contributed by atoms with Gasteiger partial charge in [-0.25, -0.2) is 0 Å². The van der Waals surface area contributed by atoms with Crippen LogP contribution in [-0.4, -0.2) is 23.2 Å². The van der Waals surface area contributed by atoms with E-state index >= 15 is 0 Å². The van der Waals surface area contributed by atoms with E-state index in [0.717, 1.165) is 6.07 Å². The second-order valence-corrected chi connectivity index (χ2v) is 9.25. The highest BCUT2D eigenvalue weighted by Gasteiger charge is 2.53. The zero-order valence-corrected chi connectivity index (χ0v) is 18.1. The first-order chi connectivity index (χ1) is 13.5. The molecule has 0 radical (unpaired) electrons. The molecule has 0 fully saturated rings. The van der Waals surface area contributed by atoms with E-state index in [1.807, 2.05) is 0 Å².